The third-order valence-corrected chi connectivity index (χ3v) is 5.59. The Morgan fingerprint density at radius 1 is 1.27 bits per heavy atom. The molecule has 0 spiro atoms. The van der Waals surface area contributed by atoms with Gasteiger partial charge in [0.1, 0.15) is 6.10 Å². The molecule has 1 aromatic heterocycles. The van der Waals surface area contributed by atoms with Gasteiger partial charge in [-0.3, -0.25) is 4.79 Å². The van der Waals surface area contributed by atoms with Crippen LogP contribution in [0, 0.1) is 0 Å². The molecule has 0 bridgehead atoms. The Morgan fingerprint density at radius 3 is 2.80 bits per heavy atom. The van der Waals surface area contributed by atoms with Crippen LogP contribution >= 0.6 is 24.0 Å². The molecule has 168 valence electrons. The summed E-state index contributed by atoms with van der Waals surface area (Å²) in [6, 6.07) is 4.22. The number of likely N-dealkylation sites (tertiary alicyclic amines) is 1. The molecule has 3 rings (SSSR count). The molecule has 1 aliphatic heterocycles. The molecule has 1 aromatic rings. The SMILES string of the molecule is CCNC(=NCc1ccnc(OC2CCCCC2)c1)NC1CCN(C(=O)CC)C1.I. The molecule has 2 fully saturated rings. The predicted molar refractivity (Wildman–Crippen MR) is 130 cm³/mol. The highest BCUT2D eigenvalue weighted by Crippen LogP contribution is 2.22. The Kier molecular flexibility index (Phi) is 10.7. The summed E-state index contributed by atoms with van der Waals surface area (Å²) in [5.74, 6) is 1.71. The first-order valence-corrected chi connectivity index (χ1v) is 11.1. The van der Waals surface area contributed by atoms with E-state index in [0.717, 1.165) is 50.4 Å². The molecule has 1 saturated carbocycles. The summed E-state index contributed by atoms with van der Waals surface area (Å²) in [4.78, 5) is 22.9. The van der Waals surface area contributed by atoms with Crippen LogP contribution in [0.25, 0.3) is 0 Å². The quantitative estimate of drug-likeness (QED) is 0.321. The van der Waals surface area contributed by atoms with Crippen molar-refractivity contribution >= 4 is 35.8 Å². The van der Waals surface area contributed by atoms with Gasteiger partial charge in [0.25, 0.3) is 0 Å². The normalized spacial score (nSPS) is 19.9. The Hall–Kier alpha value is -1.58. The van der Waals surface area contributed by atoms with E-state index >= 15 is 0 Å². The number of hydrogen-bond acceptors (Lipinski definition) is 4. The summed E-state index contributed by atoms with van der Waals surface area (Å²) in [6.45, 7) is 6.88. The fourth-order valence-corrected chi connectivity index (χ4v) is 3.98. The molecule has 1 unspecified atom stereocenters. The third-order valence-electron chi connectivity index (χ3n) is 5.59. The van der Waals surface area contributed by atoms with E-state index in [9.17, 15) is 4.79 Å². The second kappa shape index (κ2) is 13.0. The highest BCUT2D eigenvalue weighted by molar-refractivity contribution is 14.0. The zero-order valence-electron chi connectivity index (χ0n) is 18.2. The van der Waals surface area contributed by atoms with E-state index in [1.807, 2.05) is 24.0 Å². The van der Waals surface area contributed by atoms with Crippen LogP contribution in [0.4, 0.5) is 0 Å². The summed E-state index contributed by atoms with van der Waals surface area (Å²) < 4.78 is 6.07. The summed E-state index contributed by atoms with van der Waals surface area (Å²) in [7, 11) is 0. The molecule has 1 aliphatic carbocycles. The number of carbonyl (C=O) groups is 1. The van der Waals surface area contributed by atoms with E-state index in [1.165, 1.54) is 19.3 Å². The van der Waals surface area contributed by atoms with Crippen LogP contribution in [0.5, 0.6) is 5.88 Å². The average Bonchev–Trinajstić information content (AvgIpc) is 3.21. The minimum atomic E-state index is 0. The van der Waals surface area contributed by atoms with Crippen LogP contribution in [0.2, 0.25) is 0 Å². The first kappa shape index (κ1) is 24.7. The smallest absolute Gasteiger partial charge is 0.222 e. The van der Waals surface area contributed by atoms with Gasteiger partial charge in [0.15, 0.2) is 5.96 Å². The monoisotopic (exact) mass is 529 g/mol. The molecule has 2 N–H and O–H groups in total. The number of aliphatic imine (C=N–C) groups is 1. The minimum absolute atomic E-state index is 0. The van der Waals surface area contributed by atoms with Crippen molar-refractivity contribution in [2.45, 2.75) is 77.5 Å². The van der Waals surface area contributed by atoms with Crippen molar-refractivity contribution in [3.63, 3.8) is 0 Å². The number of pyridine rings is 1. The zero-order valence-corrected chi connectivity index (χ0v) is 20.6. The molecule has 1 amide bonds. The van der Waals surface area contributed by atoms with Gasteiger partial charge in [-0.1, -0.05) is 13.3 Å². The van der Waals surface area contributed by atoms with E-state index in [4.69, 9.17) is 9.73 Å². The highest BCUT2D eigenvalue weighted by Gasteiger charge is 2.25. The largest absolute Gasteiger partial charge is 0.474 e. The zero-order chi connectivity index (χ0) is 20.5. The fourth-order valence-electron chi connectivity index (χ4n) is 3.98. The van der Waals surface area contributed by atoms with Crippen LogP contribution in [-0.2, 0) is 11.3 Å². The van der Waals surface area contributed by atoms with Crippen molar-refractivity contribution in [2.24, 2.45) is 4.99 Å². The van der Waals surface area contributed by atoms with Gasteiger partial charge in [-0.05, 0) is 50.7 Å². The molecule has 0 radical (unpaired) electrons. The molecular formula is C22H36IN5O2. The maximum absolute atomic E-state index is 11.9. The lowest BCUT2D eigenvalue weighted by Crippen LogP contribution is -2.45. The molecule has 0 aromatic carbocycles. The summed E-state index contributed by atoms with van der Waals surface area (Å²) in [5, 5.41) is 6.78. The van der Waals surface area contributed by atoms with Crippen LogP contribution < -0.4 is 15.4 Å². The lowest BCUT2D eigenvalue weighted by Gasteiger charge is -2.22. The Labute approximate surface area is 197 Å². The van der Waals surface area contributed by atoms with E-state index < -0.39 is 0 Å². The second-order valence-electron chi connectivity index (χ2n) is 7.90. The predicted octanol–water partition coefficient (Wildman–Crippen LogP) is 3.48. The molecule has 7 nitrogen and oxygen atoms in total. The van der Waals surface area contributed by atoms with Crippen LogP contribution in [0.3, 0.4) is 0 Å². The molecule has 8 heteroatoms. The lowest BCUT2D eigenvalue weighted by molar-refractivity contribution is -0.129. The fraction of sp³-hybridized carbons (Fsp3) is 0.682. The number of carbonyl (C=O) groups excluding carboxylic acids is 1. The number of rotatable bonds is 7. The number of ether oxygens (including phenoxy) is 1. The average molecular weight is 529 g/mol. The van der Waals surface area contributed by atoms with Crippen molar-refractivity contribution in [1.29, 1.82) is 0 Å². The summed E-state index contributed by atoms with van der Waals surface area (Å²) in [5.41, 5.74) is 1.08. The minimum Gasteiger partial charge on any atom is -0.474 e. The van der Waals surface area contributed by atoms with Crippen LogP contribution in [0.1, 0.15) is 64.4 Å². The van der Waals surface area contributed by atoms with Gasteiger partial charge < -0.3 is 20.3 Å². The van der Waals surface area contributed by atoms with Crippen molar-refractivity contribution in [1.82, 2.24) is 20.5 Å². The van der Waals surface area contributed by atoms with Gasteiger partial charge >= 0.3 is 0 Å². The van der Waals surface area contributed by atoms with E-state index in [2.05, 4.69) is 22.5 Å². The van der Waals surface area contributed by atoms with Crippen LogP contribution in [-0.4, -0.2) is 53.5 Å². The standard InChI is InChI=1S/C22H35N5O2.HI/c1-3-21(28)27-13-11-18(16-27)26-22(23-4-2)25-15-17-10-12-24-20(14-17)29-19-8-6-5-7-9-19;/h10,12,14,18-19H,3-9,11,13,15-16H2,1-2H3,(H2,23,25,26);1H. The molecule has 1 saturated heterocycles. The Balaban J connectivity index is 0.00000320. The summed E-state index contributed by atoms with van der Waals surface area (Å²) >= 11 is 0. The number of nitrogens with zero attached hydrogens (tertiary/aromatic N) is 3. The van der Waals surface area contributed by atoms with E-state index in [1.54, 1.807) is 6.20 Å². The Bertz CT molecular complexity index is 694. The first-order chi connectivity index (χ1) is 14.2. The maximum Gasteiger partial charge on any atom is 0.222 e. The molecule has 30 heavy (non-hydrogen) atoms. The second-order valence-corrected chi connectivity index (χ2v) is 7.90. The number of halogens is 1. The third kappa shape index (κ3) is 7.59. The topological polar surface area (TPSA) is 78.9 Å². The lowest BCUT2D eigenvalue weighted by atomic mass is 9.98. The number of nitrogens with one attached hydrogen (secondary N) is 2. The number of aromatic nitrogens is 1. The van der Waals surface area contributed by atoms with Gasteiger partial charge in [0.05, 0.1) is 6.54 Å². The molecular weight excluding hydrogens is 493 g/mol. The van der Waals surface area contributed by atoms with Gasteiger partial charge in [-0.15, -0.1) is 24.0 Å². The molecule has 2 heterocycles. The van der Waals surface area contributed by atoms with Gasteiger partial charge in [0.2, 0.25) is 11.8 Å². The summed E-state index contributed by atoms with van der Waals surface area (Å²) in [6.07, 6.45) is 9.66. The van der Waals surface area contributed by atoms with Gasteiger partial charge in [-0.2, -0.15) is 0 Å². The van der Waals surface area contributed by atoms with Crippen molar-refractivity contribution in [3.8, 4) is 5.88 Å². The van der Waals surface area contributed by atoms with Crippen molar-refractivity contribution in [3.05, 3.63) is 23.9 Å². The number of amides is 1. The van der Waals surface area contributed by atoms with E-state index in [0.29, 0.717) is 24.9 Å². The number of hydrogen-bond donors (Lipinski definition) is 2. The molecule has 1 atom stereocenters. The first-order valence-electron chi connectivity index (χ1n) is 11.1. The van der Waals surface area contributed by atoms with Gasteiger partial charge in [0, 0.05) is 44.4 Å². The maximum atomic E-state index is 11.9. The highest BCUT2D eigenvalue weighted by atomic mass is 127. The van der Waals surface area contributed by atoms with Crippen molar-refractivity contribution < 1.29 is 9.53 Å². The van der Waals surface area contributed by atoms with E-state index in [-0.39, 0.29) is 35.9 Å². The van der Waals surface area contributed by atoms with Gasteiger partial charge in [-0.25, -0.2) is 9.98 Å². The van der Waals surface area contributed by atoms with Crippen LogP contribution in [0.15, 0.2) is 23.3 Å². The molecule has 2 aliphatic rings. The Morgan fingerprint density at radius 2 is 2.07 bits per heavy atom. The number of guanidine groups is 1. The van der Waals surface area contributed by atoms with Crippen molar-refractivity contribution in [2.75, 3.05) is 19.6 Å².